The van der Waals surface area contributed by atoms with Crippen molar-refractivity contribution in [3.05, 3.63) is 41.7 Å². The van der Waals surface area contributed by atoms with E-state index in [9.17, 15) is 4.79 Å². The van der Waals surface area contributed by atoms with Crippen molar-refractivity contribution in [3.8, 4) is 5.75 Å². The van der Waals surface area contributed by atoms with E-state index in [4.69, 9.17) is 21.1 Å². The Morgan fingerprint density at radius 1 is 0.966 bits per heavy atom. The van der Waals surface area contributed by atoms with Gasteiger partial charge in [-0.3, -0.25) is 4.79 Å². The fourth-order valence-corrected chi connectivity index (χ4v) is 3.55. The maximum Gasteiger partial charge on any atom is 0.260 e. The third-order valence-corrected chi connectivity index (χ3v) is 5.36. The van der Waals surface area contributed by atoms with Crippen LogP contribution >= 0.6 is 11.6 Å². The van der Waals surface area contributed by atoms with Gasteiger partial charge in [0.25, 0.3) is 5.91 Å². The summed E-state index contributed by atoms with van der Waals surface area (Å²) in [5.41, 5.74) is 0. The normalized spacial score (nSPS) is 17.3. The van der Waals surface area contributed by atoms with Crippen LogP contribution in [0.15, 0.2) is 36.7 Å². The monoisotopic (exact) mass is 417 g/mol. The minimum atomic E-state index is -0.0173. The summed E-state index contributed by atoms with van der Waals surface area (Å²) in [6, 6.07) is 9.02. The van der Waals surface area contributed by atoms with Crippen LogP contribution in [0.2, 0.25) is 5.02 Å². The van der Waals surface area contributed by atoms with E-state index in [0.717, 1.165) is 51.0 Å². The number of anilines is 2. The predicted molar refractivity (Wildman–Crippen MR) is 111 cm³/mol. The Kier molecular flexibility index (Phi) is 6.31. The van der Waals surface area contributed by atoms with E-state index in [-0.39, 0.29) is 12.5 Å². The van der Waals surface area contributed by atoms with Gasteiger partial charge in [-0.05, 0) is 24.3 Å². The van der Waals surface area contributed by atoms with E-state index in [1.807, 2.05) is 11.0 Å². The van der Waals surface area contributed by atoms with E-state index in [0.29, 0.717) is 23.9 Å². The van der Waals surface area contributed by atoms with Gasteiger partial charge >= 0.3 is 0 Å². The van der Waals surface area contributed by atoms with Gasteiger partial charge in [-0.2, -0.15) is 0 Å². The van der Waals surface area contributed by atoms with Crippen molar-refractivity contribution in [2.45, 2.75) is 0 Å². The first-order valence-electron chi connectivity index (χ1n) is 9.75. The molecule has 29 heavy (non-hydrogen) atoms. The second-order valence-corrected chi connectivity index (χ2v) is 7.38. The van der Waals surface area contributed by atoms with Crippen LogP contribution in [0.3, 0.4) is 0 Å². The molecule has 0 bridgehead atoms. The van der Waals surface area contributed by atoms with E-state index >= 15 is 0 Å². The van der Waals surface area contributed by atoms with Gasteiger partial charge in [0.05, 0.1) is 13.2 Å². The Morgan fingerprint density at radius 3 is 2.24 bits per heavy atom. The van der Waals surface area contributed by atoms with Crippen LogP contribution in [0.5, 0.6) is 5.75 Å². The van der Waals surface area contributed by atoms with Gasteiger partial charge in [0.15, 0.2) is 6.61 Å². The fourth-order valence-electron chi connectivity index (χ4n) is 3.43. The first kappa shape index (κ1) is 19.7. The zero-order valence-electron chi connectivity index (χ0n) is 16.2. The molecule has 3 heterocycles. The number of aromatic nitrogens is 2. The van der Waals surface area contributed by atoms with Crippen molar-refractivity contribution in [2.24, 2.45) is 0 Å². The zero-order chi connectivity index (χ0) is 20.1. The molecular weight excluding hydrogens is 394 g/mol. The molecule has 0 unspecified atom stereocenters. The highest BCUT2D eigenvalue weighted by Crippen LogP contribution is 2.20. The van der Waals surface area contributed by atoms with Crippen molar-refractivity contribution in [1.82, 2.24) is 14.9 Å². The number of carbonyl (C=O) groups is 1. The number of nitrogens with zero attached hydrogens (tertiary/aromatic N) is 5. The van der Waals surface area contributed by atoms with Crippen molar-refractivity contribution in [2.75, 3.05) is 68.9 Å². The van der Waals surface area contributed by atoms with Gasteiger partial charge in [0.1, 0.15) is 23.7 Å². The molecule has 2 aliphatic rings. The summed E-state index contributed by atoms with van der Waals surface area (Å²) >= 11 is 5.86. The molecule has 2 fully saturated rings. The van der Waals surface area contributed by atoms with E-state index in [1.165, 1.54) is 0 Å². The molecule has 0 atom stereocenters. The van der Waals surface area contributed by atoms with Crippen LogP contribution in [0.1, 0.15) is 0 Å². The number of morpholine rings is 1. The molecule has 8 nitrogen and oxygen atoms in total. The third kappa shape index (κ3) is 5.07. The number of ether oxygens (including phenoxy) is 2. The summed E-state index contributed by atoms with van der Waals surface area (Å²) in [5.74, 6) is 2.44. The van der Waals surface area contributed by atoms with Crippen LogP contribution in [0, 0.1) is 0 Å². The van der Waals surface area contributed by atoms with Gasteiger partial charge in [-0.15, -0.1) is 0 Å². The molecule has 4 rings (SSSR count). The van der Waals surface area contributed by atoms with Crippen LogP contribution in [0.4, 0.5) is 11.6 Å². The second-order valence-electron chi connectivity index (χ2n) is 6.94. The molecule has 2 saturated heterocycles. The zero-order valence-corrected chi connectivity index (χ0v) is 16.9. The maximum absolute atomic E-state index is 12.5. The van der Waals surface area contributed by atoms with Gasteiger partial charge in [0.2, 0.25) is 0 Å². The molecule has 0 radical (unpaired) electrons. The predicted octanol–water partition coefficient (Wildman–Crippen LogP) is 1.69. The molecule has 9 heteroatoms. The minimum Gasteiger partial charge on any atom is -0.484 e. The van der Waals surface area contributed by atoms with Gasteiger partial charge in [-0.25, -0.2) is 9.97 Å². The quantitative estimate of drug-likeness (QED) is 0.733. The number of rotatable bonds is 5. The van der Waals surface area contributed by atoms with E-state index in [2.05, 4.69) is 19.8 Å². The lowest BCUT2D eigenvalue weighted by atomic mass is 10.3. The van der Waals surface area contributed by atoms with Gasteiger partial charge < -0.3 is 24.2 Å². The number of hydrogen-bond donors (Lipinski definition) is 0. The average molecular weight is 418 g/mol. The standard InChI is InChI=1S/C20H24ClN5O3/c21-16-1-3-17(4-2-16)29-14-20(27)26-7-5-24(6-8-26)18-13-19(23-15-22-18)25-9-11-28-12-10-25/h1-4,13,15H,5-12,14H2. The number of benzene rings is 1. The molecule has 1 aromatic carbocycles. The van der Waals surface area contributed by atoms with Gasteiger partial charge in [-0.1, -0.05) is 11.6 Å². The summed E-state index contributed by atoms with van der Waals surface area (Å²) in [5, 5.41) is 0.640. The van der Waals surface area contributed by atoms with Crippen LogP contribution in [0.25, 0.3) is 0 Å². The smallest absolute Gasteiger partial charge is 0.260 e. The Labute approximate surface area is 175 Å². The molecular formula is C20H24ClN5O3. The molecule has 2 aliphatic heterocycles. The van der Waals surface area contributed by atoms with E-state index < -0.39 is 0 Å². The minimum absolute atomic E-state index is 0.0173. The molecule has 0 spiro atoms. The summed E-state index contributed by atoms with van der Waals surface area (Å²) in [6.07, 6.45) is 1.61. The first-order chi connectivity index (χ1) is 14.2. The topological polar surface area (TPSA) is 71.0 Å². The number of carbonyl (C=O) groups excluding carboxylic acids is 1. The number of halogens is 1. The van der Waals surface area contributed by atoms with Crippen molar-refractivity contribution in [3.63, 3.8) is 0 Å². The molecule has 154 valence electrons. The first-order valence-corrected chi connectivity index (χ1v) is 10.1. The molecule has 1 amide bonds. The molecule has 0 saturated carbocycles. The number of amides is 1. The highest BCUT2D eigenvalue weighted by Gasteiger charge is 2.23. The Bertz CT molecular complexity index is 821. The van der Waals surface area contributed by atoms with Crippen molar-refractivity contribution in [1.29, 1.82) is 0 Å². The number of hydrogen-bond acceptors (Lipinski definition) is 7. The highest BCUT2D eigenvalue weighted by molar-refractivity contribution is 6.30. The Hall–Kier alpha value is -2.58. The molecule has 0 N–H and O–H groups in total. The lowest BCUT2D eigenvalue weighted by Crippen LogP contribution is -2.50. The lowest BCUT2D eigenvalue weighted by Gasteiger charge is -2.36. The molecule has 1 aromatic heterocycles. The summed E-state index contributed by atoms with van der Waals surface area (Å²) in [7, 11) is 0. The molecule has 0 aliphatic carbocycles. The summed E-state index contributed by atoms with van der Waals surface area (Å²) in [6.45, 7) is 5.88. The third-order valence-electron chi connectivity index (χ3n) is 5.11. The summed E-state index contributed by atoms with van der Waals surface area (Å²) in [4.78, 5) is 27.5. The summed E-state index contributed by atoms with van der Waals surface area (Å²) < 4.78 is 11.0. The van der Waals surface area contributed by atoms with Crippen LogP contribution < -0.4 is 14.5 Å². The van der Waals surface area contributed by atoms with Crippen LogP contribution in [-0.2, 0) is 9.53 Å². The van der Waals surface area contributed by atoms with E-state index in [1.54, 1.807) is 30.6 Å². The fraction of sp³-hybridized carbons (Fsp3) is 0.450. The Balaban J connectivity index is 1.28. The van der Waals surface area contributed by atoms with Crippen molar-refractivity contribution < 1.29 is 14.3 Å². The lowest BCUT2D eigenvalue weighted by molar-refractivity contribution is -0.133. The SMILES string of the molecule is O=C(COc1ccc(Cl)cc1)N1CCN(c2cc(N3CCOCC3)ncn2)CC1. The second kappa shape index (κ2) is 9.28. The van der Waals surface area contributed by atoms with Crippen LogP contribution in [-0.4, -0.2) is 79.9 Å². The average Bonchev–Trinajstić information content (AvgIpc) is 2.79. The van der Waals surface area contributed by atoms with Gasteiger partial charge in [0, 0.05) is 50.4 Å². The molecule has 2 aromatic rings. The largest absolute Gasteiger partial charge is 0.484 e. The maximum atomic E-state index is 12.5. The number of piperazine rings is 1. The Morgan fingerprint density at radius 2 is 1.59 bits per heavy atom. The van der Waals surface area contributed by atoms with Crippen molar-refractivity contribution >= 4 is 29.1 Å². The highest BCUT2D eigenvalue weighted by atomic mass is 35.5.